The van der Waals surface area contributed by atoms with E-state index in [9.17, 15) is 4.79 Å². The zero-order valence-corrected chi connectivity index (χ0v) is 15.4. The summed E-state index contributed by atoms with van der Waals surface area (Å²) in [6, 6.07) is 22.5. The lowest BCUT2D eigenvalue weighted by Gasteiger charge is -2.09. The molecule has 0 aliphatic rings. The number of hydrogen-bond acceptors (Lipinski definition) is 2. The highest BCUT2D eigenvalue weighted by molar-refractivity contribution is 7.13. The van der Waals surface area contributed by atoms with E-state index in [-0.39, 0.29) is 5.91 Å². The normalized spacial score (nSPS) is 11.0. The summed E-state index contributed by atoms with van der Waals surface area (Å²) in [5.74, 6) is 0.0394. The molecule has 0 aliphatic heterocycles. The molecule has 26 heavy (non-hydrogen) atoms. The Morgan fingerprint density at radius 2 is 1.77 bits per heavy atom. The highest BCUT2D eigenvalue weighted by Gasteiger charge is 2.19. The summed E-state index contributed by atoms with van der Waals surface area (Å²) >= 11 is 1.71. The number of thiophene rings is 1. The van der Waals surface area contributed by atoms with E-state index < -0.39 is 0 Å². The van der Waals surface area contributed by atoms with Crippen LogP contribution in [-0.2, 0) is 24.8 Å². The number of carbonyl (C=O) groups excluding carboxylic acids is 1. The van der Waals surface area contributed by atoms with Crippen LogP contribution in [0.25, 0.3) is 21.3 Å². The zero-order valence-electron chi connectivity index (χ0n) is 14.6. The maximum Gasteiger partial charge on any atom is 0.226 e. The number of hydrogen-bond donors (Lipinski definition) is 1. The number of amides is 1. The van der Waals surface area contributed by atoms with Crippen LogP contribution in [-0.4, -0.2) is 10.5 Å². The molecule has 130 valence electrons. The molecule has 0 aliphatic carbocycles. The first kappa shape index (κ1) is 16.6. The SMILES string of the molecule is Cn1c(CC(=O)NCc2ccccc2)c(-c2cccs2)c2ccccc21. The molecule has 1 amide bonds. The van der Waals surface area contributed by atoms with Gasteiger partial charge in [0.2, 0.25) is 5.91 Å². The van der Waals surface area contributed by atoms with Gasteiger partial charge in [-0.25, -0.2) is 0 Å². The van der Waals surface area contributed by atoms with Gasteiger partial charge in [0.15, 0.2) is 0 Å². The Morgan fingerprint density at radius 3 is 2.54 bits per heavy atom. The van der Waals surface area contributed by atoms with Gasteiger partial charge in [0.05, 0.1) is 6.42 Å². The van der Waals surface area contributed by atoms with E-state index >= 15 is 0 Å². The largest absolute Gasteiger partial charge is 0.352 e. The van der Waals surface area contributed by atoms with Crippen molar-refractivity contribution in [3.05, 3.63) is 83.4 Å². The van der Waals surface area contributed by atoms with Crippen molar-refractivity contribution in [2.45, 2.75) is 13.0 Å². The molecule has 0 fully saturated rings. The number of aromatic nitrogens is 1. The highest BCUT2D eigenvalue weighted by atomic mass is 32.1. The molecule has 3 nitrogen and oxygen atoms in total. The molecule has 2 aromatic carbocycles. The van der Waals surface area contributed by atoms with Gasteiger partial charge in [-0.05, 0) is 23.1 Å². The van der Waals surface area contributed by atoms with Crippen LogP contribution in [0.5, 0.6) is 0 Å². The monoisotopic (exact) mass is 360 g/mol. The van der Waals surface area contributed by atoms with Gasteiger partial charge in [0.25, 0.3) is 0 Å². The van der Waals surface area contributed by atoms with Crippen LogP contribution >= 0.6 is 11.3 Å². The van der Waals surface area contributed by atoms with E-state index in [1.54, 1.807) is 11.3 Å². The van der Waals surface area contributed by atoms with Gasteiger partial charge in [0.1, 0.15) is 0 Å². The smallest absolute Gasteiger partial charge is 0.226 e. The summed E-state index contributed by atoms with van der Waals surface area (Å²) in [5.41, 5.74) is 4.49. The van der Waals surface area contributed by atoms with Crippen molar-refractivity contribution in [3.63, 3.8) is 0 Å². The molecule has 0 spiro atoms. The predicted molar refractivity (Wildman–Crippen MR) is 108 cm³/mol. The molecule has 4 rings (SSSR count). The number of benzene rings is 2. The summed E-state index contributed by atoms with van der Waals surface area (Å²) in [6.07, 6.45) is 0.366. The van der Waals surface area contributed by atoms with Gasteiger partial charge in [-0.2, -0.15) is 0 Å². The Kier molecular flexibility index (Phi) is 4.59. The number of carbonyl (C=O) groups is 1. The Balaban J connectivity index is 1.64. The fraction of sp³-hybridized carbons (Fsp3) is 0.136. The Bertz CT molecular complexity index is 1030. The van der Waals surface area contributed by atoms with Crippen LogP contribution in [0.4, 0.5) is 0 Å². The average Bonchev–Trinajstić information content (AvgIpc) is 3.29. The fourth-order valence-corrected chi connectivity index (χ4v) is 4.17. The predicted octanol–water partition coefficient (Wildman–Crippen LogP) is 4.77. The molecule has 4 heteroatoms. The maximum absolute atomic E-state index is 12.6. The lowest BCUT2D eigenvalue weighted by Crippen LogP contribution is -2.25. The second-order valence-corrected chi connectivity index (χ2v) is 7.26. The van der Waals surface area contributed by atoms with E-state index in [1.165, 1.54) is 15.8 Å². The van der Waals surface area contributed by atoms with Crippen LogP contribution in [0.1, 0.15) is 11.3 Å². The number of rotatable bonds is 5. The Hall–Kier alpha value is -2.85. The minimum atomic E-state index is 0.0394. The van der Waals surface area contributed by atoms with E-state index in [0.29, 0.717) is 13.0 Å². The van der Waals surface area contributed by atoms with Crippen molar-refractivity contribution in [3.8, 4) is 10.4 Å². The third-order valence-corrected chi connectivity index (χ3v) is 5.54. The average molecular weight is 360 g/mol. The quantitative estimate of drug-likeness (QED) is 0.547. The van der Waals surface area contributed by atoms with Crippen LogP contribution in [0.3, 0.4) is 0 Å². The standard InChI is InChI=1S/C22H20N2OS/c1-24-18-11-6-5-10-17(18)22(20-12-7-13-26-20)19(24)14-21(25)23-15-16-8-3-2-4-9-16/h2-13H,14-15H2,1H3,(H,23,25). The second-order valence-electron chi connectivity index (χ2n) is 6.31. The van der Waals surface area contributed by atoms with Crippen molar-refractivity contribution in [2.75, 3.05) is 0 Å². The molecule has 0 saturated carbocycles. The molecule has 0 atom stereocenters. The summed E-state index contributed by atoms with van der Waals surface area (Å²) in [4.78, 5) is 13.8. The second kappa shape index (κ2) is 7.18. The number of nitrogens with one attached hydrogen (secondary N) is 1. The Labute approximate surface area is 156 Å². The molecule has 2 heterocycles. The molecule has 0 bridgehead atoms. The van der Waals surface area contributed by atoms with Gasteiger partial charge in [-0.15, -0.1) is 11.3 Å². The molecule has 2 aromatic heterocycles. The van der Waals surface area contributed by atoms with Gasteiger partial charge < -0.3 is 9.88 Å². The van der Waals surface area contributed by atoms with Gasteiger partial charge in [-0.1, -0.05) is 54.6 Å². The van der Waals surface area contributed by atoms with Gasteiger partial charge in [0, 0.05) is 40.6 Å². The fourth-order valence-electron chi connectivity index (χ4n) is 3.36. The maximum atomic E-state index is 12.6. The first-order valence-corrected chi connectivity index (χ1v) is 9.53. The first-order valence-electron chi connectivity index (χ1n) is 8.65. The van der Waals surface area contributed by atoms with Gasteiger partial charge >= 0.3 is 0 Å². The van der Waals surface area contributed by atoms with Crippen molar-refractivity contribution in [2.24, 2.45) is 7.05 Å². The number of nitrogens with zero attached hydrogens (tertiary/aromatic N) is 1. The van der Waals surface area contributed by atoms with Crippen LogP contribution in [0, 0.1) is 0 Å². The van der Waals surface area contributed by atoms with Crippen LogP contribution in [0.15, 0.2) is 72.1 Å². The van der Waals surface area contributed by atoms with E-state index in [2.05, 4.69) is 45.6 Å². The van der Waals surface area contributed by atoms with E-state index in [4.69, 9.17) is 0 Å². The minimum absolute atomic E-state index is 0.0394. The summed E-state index contributed by atoms with van der Waals surface area (Å²) < 4.78 is 2.15. The molecule has 4 aromatic rings. The topological polar surface area (TPSA) is 34.0 Å². The van der Waals surface area contributed by atoms with Crippen molar-refractivity contribution in [1.29, 1.82) is 0 Å². The number of fused-ring (bicyclic) bond motifs is 1. The molecular weight excluding hydrogens is 340 g/mol. The third-order valence-electron chi connectivity index (χ3n) is 4.66. The van der Waals surface area contributed by atoms with Crippen LogP contribution in [0.2, 0.25) is 0 Å². The highest BCUT2D eigenvalue weighted by Crippen LogP contribution is 2.37. The lowest BCUT2D eigenvalue weighted by atomic mass is 10.1. The van der Waals surface area contributed by atoms with Crippen molar-refractivity contribution < 1.29 is 4.79 Å². The first-order chi connectivity index (χ1) is 12.7. The van der Waals surface area contributed by atoms with Gasteiger partial charge in [-0.3, -0.25) is 4.79 Å². The number of aryl methyl sites for hydroxylation is 1. The number of para-hydroxylation sites is 1. The molecule has 0 radical (unpaired) electrons. The zero-order chi connectivity index (χ0) is 17.9. The van der Waals surface area contributed by atoms with Crippen LogP contribution < -0.4 is 5.32 Å². The lowest BCUT2D eigenvalue weighted by molar-refractivity contribution is -0.120. The summed E-state index contributed by atoms with van der Waals surface area (Å²) in [6.45, 7) is 0.554. The Morgan fingerprint density at radius 1 is 1.00 bits per heavy atom. The van der Waals surface area contributed by atoms with E-state index in [1.807, 2.05) is 43.4 Å². The summed E-state index contributed by atoms with van der Waals surface area (Å²) in [7, 11) is 2.04. The van der Waals surface area contributed by atoms with E-state index in [0.717, 1.165) is 16.8 Å². The molecule has 1 N–H and O–H groups in total. The molecular formula is C22H20N2OS. The third kappa shape index (κ3) is 3.16. The minimum Gasteiger partial charge on any atom is -0.352 e. The van der Waals surface area contributed by atoms with Crippen molar-refractivity contribution >= 4 is 28.1 Å². The van der Waals surface area contributed by atoms with Crippen molar-refractivity contribution in [1.82, 2.24) is 9.88 Å². The molecule has 0 unspecified atom stereocenters. The summed E-state index contributed by atoms with van der Waals surface area (Å²) in [5, 5.41) is 6.32. The molecule has 0 saturated heterocycles.